The van der Waals surface area contributed by atoms with Crippen LogP contribution >= 0.6 is 0 Å². The van der Waals surface area contributed by atoms with Gasteiger partial charge in [-0.15, -0.1) is 0 Å². The smallest absolute Gasteiger partial charge is 0.311 e. The fraction of sp³-hybridized carbons (Fsp3) is 0.167. The van der Waals surface area contributed by atoms with Crippen LogP contribution in [0.15, 0.2) is 77.9 Å². The van der Waals surface area contributed by atoms with E-state index < -0.39 is 35.0 Å². The van der Waals surface area contributed by atoms with Crippen LogP contribution in [0, 0.1) is 15.9 Å². The zero-order chi connectivity index (χ0) is 23.4. The topological polar surface area (TPSA) is 94.3 Å². The molecule has 0 saturated heterocycles. The second-order valence-corrected chi connectivity index (χ2v) is 7.30. The largest absolute Gasteiger partial charge is 0.497 e. The van der Waals surface area contributed by atoms with Gasteiger partial charge in [-0.25, -0.2) is 9.40 Å². The van der Waals surface area contributed by atoms with E-state index in [1.807, 2.05) is 42.5 Å². The minimum atomic E-state index is -0.704. The molecule has 9 heteroatoms. The van der Waals surface area contributed by atoms with Gasteiger partial charge in [0.1, 0.15) is 11.6 Å². The van der Waals surface area contributed by atoms with Crippen molar-refractivity contribution < 1.29 is 23.6 Å². The third kappa shape index (κ3) is 4.82. The van der Waals surface area contributed by atoms with Crippen LogP contribution in [0.4, 0.5) is 10.1 Å². The first-order chi connectivity index (χ1) is 16.0. The van der Waals surface area contributed by atoms with Crippen LogP contribution in [-0.4, -0.2) is 35.3 Å². The fourth-order valence-electron chi connectivity index (χ4n) is 3.59. The lowest BCUT2D eigenvalue weighted by molar-refractivity contribution is -0.385. The highest BCUT2D eigenvalue weighted by atomic mass is 19.1. The first-order valence-electron chi connectivity index (χ1n) is 10.1. The molecule has 3 aromatic carbocycles. The van der Waals surface area contributed by atoms with Crippen LogP contribution in [-0.2, 0) is 4.79 Å². The highest BCUT2D eigenvalue weighted by Gasteiger charge is 2.33. The molecule has 0 N–H and O–H groups in total. The van der Waals surface area contributed by atoms with E-state index in [-0.39, 0.29) is 5.75 Å². The Balaban J connectivity index is 1.60. The van der Waals surface area contributed by atoms with E-state index in [0.29, 0.717) is 12.2 Å². The Labute approximate surface area is 189 Å². The molecule has 0 bridgehead atoms. The molecular weight excluding hydrogens is 429 g/mol. The maximum Gasteiger partial charge on any atom is 0.311 e. The quantitative estimate of drug-likeness (QED) is 0.391. The highest BCUT2D eigenvalue weighted by molar-refractivity contribution is 6.03. The van der Waals surface area contributed by atoms with Crippen LogP contribution in [0.5, 0.6) is 11.5 Å². The predicted molar refractivity (Wildman–Crippen MR) is 119 cm³/mol. The van der Waals surface area contributed by atoms with Gasteiger partial charge in [0.15, 0.2) is 6.61 Å². The molecule has 0 aromatic heterocycles. The molecule has 0 fully saturated rings. The van der Waals surface area contributed by atoms with Gasteiger partial charge in [-0.3, -0.25) is 14.9 Å². The molecule has 168 valence electrons. The van der Waals surface area contributed by atoms with E-state index in [1.54, 1.807) is 19.2 Å². The molecule has 1 unspecified atom stereocenters. The molecule has 1 atom stereocenters. The highest BCUT2D eigenvalue weighted by Crippen LogP contribution is 2.34. The number of methoxy groups -OCH3 is 1. The van der Waals surface area contributed by atoms with Crippen molar-refractivity contribution in [2.45, 2.75) is 12.5 Å². The summed E-state index contributed by atoms with van der Waals surface area (Å²) in [6, 6.07) is 19.2. The molecule has 0 radical (unpaired) electrons. The van der Waals surface area contributed by atoms with Gasteiger partial charge in [0.05, 0.1) is 23.8 Å². The standard InChI is InChI=1S/C24H20FN3O5/c1-32-19-10-7-17(8-11-19)22-14-20(16-5-3-2-4-6-16)26-27(22)24(29)15-33-23-13-18(25)9-12-21(23)28(30)31/h2-13,22H,14-15H2,1H3. The van der Waals surface area contributed by atoms with Crippen molar-refractivity contribution in [1.82, 2.24) is 5.01 Å². The summed E-state index contributed by atoms with van der Waals surface area (Å²) in [6.45, 7) is -0.539. The molecule has 0 saturated carbocycles. The van der Waals surface area contributed by atoms with Crippen LogP contribution in [0.3, 0.4) is 0 Å². The molecule has 1 aliphatic heterocycles. The maximum atomic E-state index is 13.6. The van der Waals surface area contributed by atoms with Crippen molar-refractivity contribution in [3.63, 3.8) is 0 Å². The number of rotatable bonds is 7. The van der Waals surface area contributed by atoms with E-state index in [2.05, 4.69) is 5.10 Å². The number of hydrogen-bond donors (Lipinski definition) is 0. The molecule has 1 aliphatic rings. The lowest BCUT2D eigenvalue weighted by atomic mass is 9.98. The molecule has 4 rings (SSSR count). The van der Waals surface area contributed by atoms with E-state index >= 15 is 0 Å². The van der Waals surface area contributed by atoms with Gasteiger partial charge in [0.2, 0.25) is 5.75 Å². The summed E-state index contributed by atoms with van der Waals surface area (Å²) in [5.74, 6) is -0.855. The number of halogens is 1. The molecule has 8 nitrogen and oxygen atoms in total. The lowest BCUT2D eigenvalue weighted by Crippen LogP contribution is -2.31. The van der Waals surface area contributed by atoms with Gasteiger partial charge in [-0.1, -0.05) is 42.5 Å². The molecule has 1 heterocycles. The molecule has 0 aliphatic carbocycles. The van der Waals surface area contributed by atoms with E-state index in [1.165, 1.54) is 5.01 Å². The van der Waals surface area contributed by atoms with Crippen molar-refractivity contribution >= 4 is 17.3 Å². The number of ether oxygens (including phenoxy) is 2. The Bertz CT molecular complexity index is 1200. The first-order valence-corrected chi connectivity index (χ1v) is 10.1. The minimum Gasteiger partial charge on any atom is -0.497 e. The molecule has 0 spiro atoms. The summed E-state index contributed by atoms with van der Waals surface area (Å²) < 4.78 is 24.2. The number of nitro groups is 1. The van der Waals surface area contributed by atoms with Gasteiger partial charge in [0, 0.05) is 18.6 Å². The van der Waals surface area contributed by atoms with Gasteiger partial charge in [0.25, 0.3) is 5.91 Å². The Morgan fingerprint density at radius 2 is 1.88 bits per heavy atom. The summed E-state index contributed by atoms with van der Waals surface area (Å²) in [6.07, 6.45) is 0.474. The van der Waals surface area contributed by atoms with E-state index in [0.717, 1.165) is 35.0 Å². The second-order valence-electron chi connectivity index (χ2n) is 7.30. The van der Waals surface area contributed by atoms with E-state index in [9.17, 15) is 19.3 Å². The van der Waals surface area contributed by atoms with Crippen molar-refractivity contribution in [2.24, 2.45) is 5.10 Å². The number of hydrogen-bond acceptors (Lipinski definition) is 6. The third-order valence-corrected chi connectivity index (χ3v) is 5.24. The van der Waals surface area contributed by atoms with E-state index in [4.69, 9.17) is 9.47 Å². The Hall–Kier alpha value is -4.27. The summed E-state index contributed by atoms with van der Waals surface area (Å²) in [5, 5.41) is 17.0. The van der Waals surface area contributed by atoms with Gasteiger partial charge >= 0.3 is 5.69 Å². The Morgan fingerprint density at radius 1 is 1.15 bits per heavy atom. The molecule has 33 heavy (non-hydrogen) atoms. The van der Waals surface area contributed by atoms with Gasteiger partial charge in [-0.2, -0.15) is 5.10 Å². The number of carbonyl (C=O) groups is 1. The normalized spacial score (nSPS) is 15.2. The minimum absolute atomic E-state index is 0.319. The lowest BCUT2D eigenvalue weighted by Gasteiger charge is -2.22. The van der Waals surface area contributed by atoms with Crippen LogP contribution in [0.1, 0.15) is 23.6 Å². The number of amides is 1. The summed E-state index contributed by atoms with van der Waals surface area (Å²) >= 11 is 0. The zero-order valence-electron chi connectivity index (χ0n) is 17.7. The van der Waals surface area contributed by atoms with Gasteiger partial charge in [-0.05, 0) is 29.3 Å². The average Bonchev–Trinajstić information content (AvgIpc) is 3.28. The fourth-order valence-corrected chi connectivity index (χ4v) is 3.59. The number of benzene rings is 3. The average molecular weight is 449 g/mol. The Kier molecular flexibility index (Phi) is 6.30. The predicted octanol–water partition coefficient (Wildman–Crippen LogP) is 4.50. The zero-order valence-corrected chi connectivity index (χ0v) is 17.7. The number of carbonyl (C=O) groups excluding carboxylic acids is 1. The number of nitro benzene ring substituents is 1. The molecule has 1 amide bonds. The van der Waals surface area contributed by atoms with Crippen molar-refractivity contribution in [2.75, 3.05) is 13.7 Å². The SMILES string of the molecule is COc1ccc(C2CC(c3ccccc3)=NN2C(=O)COc2cc(F)ccc2[N+](=O)[O-])cc1. The molecule has 3 aromatic rings. The van der Waals surface area contributed by atoms with Crippen molar-refractivity contribution in [3.05, 3.63) is 99.9 Å². The Morgan fingerprint density at radius 3 is 2.55 bits per heavy atom. The summed E-state index contributed by atoms with van der Waals surface area (Å²) in [4.78, 5) is 23.6. The third-order valence-electron chi connectivity index (χ3n) is 5.24. The number of nitrogens with zero attached hydrogens (tertiary/aromatic N) is 3. The van der Waals surface area contributed by atoms with Gasteiger partial charge < -0.3 is 9.47 Å². The molecular formula is C24H20FN3O5. The van der Waals surface area contributed by atoms with Crippen LogP contribution in [0.25, 0.3) is 0 Å². The summed E-state index contributed by atoms with van der Waals surface area (Å²) in [5.41, 5.74) is 2.02. The summed E-state index contributed by atoms with van der Waals surface area (Å²) in [7, 11) is 1.57. The second kappa shape index (κ2) is 9.47. The monoisotopic (exact) mass is 449 g/mol. The van der Waals surface area contributed by atoms with Crippen molar-refractivity contribution in [1.29, 1.82) is 0 Å². The van der Waals surface area contributed by atoms with Crippen molar-refractivity contribution in [3.8, 4) is 11.5 Å². The number of hydrazone groups is 1. The van der Waals surface area contributed by atoms with Crippen LogP contribution < -0.4 is 9.47 Å². The maximum absolute atomic E-state index is 13.6. The first kappa shape index (κ1) is 21.9. The van der Waals surface area contributed by atoms with Crippen LogP contribution in [0.2, 0.25) is 0 Å².